The summed E-state index contributed by atoms with van der Waals surface area (Å²) in [4.78, 5) is 12.1. The van der Waals surface area contributed by atoms with Crippen molar-refractivity contribution in [2.75, 3.05) is 5.75 Å². The molecule has 2 heterocycles. The van der Waals surface area contributed by atoms with Crippen LogP contribution in [0.5, 0.6) is 0 Å². The van der Waals surface area contributed by atoms with Gasteiger partial charge in [-0.1, -0.05) is 42.1 Å². The second kappa shape index (κ2) is 6.80. The minimum Gasteiger partial charge on any atom is -0.408 e. The van der Waals surface area contributed by atoms with Gasteiger partial charge in [-0.15, -0.1) is 5.10 Å². The summed E-state index contributed by atoms with van der Waals surface area (Å²) in [5.74, 6) is 0.301. The lowest BCUT2D eigenvalue weighted by Crippen LogP contribution is -2.15. The van der Waals surface area contributed by atoms with Gasteiger partial charge in [0.2, 0.25) is 5.16 Å². The topological polar surface area (TPSA) is 78.7 Å². The summed E-state index contributed by atoms with van der Waals surface area (Å²) in [5, 5.41) is 12.8. The molecule has 2 aromatic heterocycles. The standard InChI is InChI=1S/C18H17N5O2S/c1-12-6-5-7-13(2)16(12)23-17(19-20-21-23)26-11-10-22-14-8-3-4-9-15(14)25-18(22)24/h3-9H,10-11H2,1-2H3. The Balaban J connectivity index is 1.56. The van der Waals surface area contributed by atoms with Crippen LogP contribution in [0.3, 0.4) is 0 Å². The van der Waals surface area contributed by atoms with E-state index in [2.05, 4.69) is 15.5 Å². The number of benzene rings is 2. The van der Waals surface area contributed by atoms with Crippen LogP contribution in [0.25, 0.3) is 16.8 Å². The van der Waals surface area contributed by atoms with Crippen LogP contribution in [0.15, 0.2) is 56.8 Å². The zero-order valence-electron chi connectivity index (χ0n) is 14.4. The molecule has 0 saturated heterocycles. The molecule has 0 aliphatic rings. The molecule has 8 heteroatoms. The second-order valence-electron chi connectivity index (χ2n) is 5.95. The summed E-state index contributed by atoms with van der Waals surface area (Å²) in [7, 11) is 0. The minimum absolute atomic E-state index is 0.346. The lowest BCUT2D eigenvalue weighted by atomic mass is 10.1. The van der Waals surface area contributed by atoms with Gasteiger partial charge in [-0.3, -0.25) is 4.57 Å². The molecular weight excluding hydrogens is 350 g/mol. The van der Waals surface area contributed by atoms with Crippen LogP contribution in [-0.4, -0.2) is 30.5 Å². The van der Waals surface area contributed by atoms with Gasteiger partial charge in [0, 0.05) is 12.3 Å². The summed E-state index contributed by atoms with van der Waals surface area (Å²) in [6, 6.07) is 13.5. The van der Waals surface area contributed by atoms with Crippen LogP contribution in [0.1, 0.15) is 11.1 Å². The number of nitrogens with zero attached hydrogens (tertiary/aromatic N) is 5. The molecule has 0 amide bonds. The number of oxazole rings is 1. The van der Waals surface area contributed by atoms with Gasteiger partial charge in [-0.2, -0.15) is 4.68 Å². The van der Waals surface area contributed by atoms with E-state index < -0.39 is 0 Å². The number of thioether (sulfide) groups is 1. The third-order valence-corrected chi connectivity index (χ3v) is 5.11. The Morgan fingerprint density at radius 2 is 1.85 bits per heavy atom. The van der Waals surface area contributed by atoms with Crippen molar-refractivity contribution in [3.63, 3.8) is 0 Å². The van der Waals surface area contributed by atoms with Gasteiger partial charge >= 0.3 is 5.76 Å². The Morgan fingerprint density at radius 3 is 2.65 bits per heavy atom. The van der Waals surface area contributed by atoms with Crippen molar-refractivity contribution < 1.29 is 4.42 Å². The average Bonchev–Trinajstić information content (AvgIpc) is 3.20. The van der Waals surface area contributed by atoms with Crippen LogP contribution in [0.2, 0.25) is 0 Å². The molecule has 132 valence electrons. The number of tetrazole rings is 1. The van der Waals surface area contributed by atoms with E-state index in [0.29, 0.717) is 23.0 Å². The SMILES string of the molecule is Cc1cccc(C)c1-n1nnnc1SCCn1c(=O)oc2ccccc21. The zero-order valence-corrected chi connectivity index (χ0v) is 15.2. The first kappa shape index (κ1) is 16.6. The number of aryl methyl sites for hydroxylation is 3. The smallest absolute Gasteiger partial charge is 0.408 e. The van der Waals surface area contributed by atoms with Crippen molar-refractivity contribution in [3.8, 4) is 5.69 Å². The highest BCUT2D eigenvalue weighted by Crippen LogP contribution is 2.23. The van der Waals surface area contributed by atoms with Gasteiger partial charge in [0.25, 0.3) is 0 Å². The van der Waals surface area contributed by atoms with Crippen LogP contribution in [-0.2, 0) is 6.54 Å². The minimum atomic E-state index is -0.346. The van der Waals surface area contributed by atoms with Crippen molar-refractivity contribution in [1.82, 2.24) is 24.8 Å². The highest BCUT2D eigenvalue weighted by atomic mass is 32.2. The number of hydrogen-bond donors (Lipinski definition) is 0. The van der Waals surface area contributed by atoms with Crippen molar-refractivity contribution in [3.05, 3.63) is 64.1 Å². The molecule has 26 heavy (non-hydrogen) atoms. The van der Waals surface area contributed by atoms with E-state index in [1.54, 1.807) is 15.3 Å². The van der Waals surface area contributed by atoms with Crippen LogP contribution in [0.4, 0.5) is 0 Å². The fourth-order valence-electron chi connectivity index (χ4n) is 3.00. The van der Waals surface area contributed by atoms with Crippen molar-refractivity contribution in [2.45, 2.75) is 25.5 Å². The molecule has 4 rings (SSSR count). The van der Waals surface area contributed by atoms with E-state index in [1.807, 2.05) is 50.2 Å². The fourth-order valence-corrected chi connectivity index (χ4v) is 3.80. The Morgan fingerprint density at radius 1 is 1.08 bits per heavy atom. The van der Waals surface area contributed by atoms with Crippen LogP contribution >= 0.6 is 11.8 Å². The Kier molecular flexibility index (Phi) is 4.34. The first-order valence-electron chi connectivity index (χ1n) is 8.21. The van der Waals surface area contributed by atoms with Crippen LogP contribution < -0.4 is 5.76 Å². The highest BCUT2D eigenvalue weighted by Gasteiger charge is 2.14. The molecule has 0 atom stereocenters. The van der Waals surface area contributed by atoms with Crippen molar-refractivity contribution in [2.24, 2.45) is 0 Å². The Labute approximate surface area is 153 Å². The van der Waals surface area contributed by atoms with Gasteiger partial charge in [0.1, 0.15) is 0 Å². The van der Waals surface area contributed by atoms with Crippen molar-refractivity contribution >= 4 is 22.9 Å². The largest absolute Gasteiger partial charge is 0.419 e. The molecule has 0 aliphatic carbocycles. The number of aromatic nitrogens is 5. The maximum Gasteiger partial charge on any atom is 0.419 e. The number of fused-ring (bicyclic) bond motifs is 1. The maximum atomic E-state index is 12.1. The maximum absolute atomic E-state index is 12.1. The third kappa shape index (κ3) is 2.92. The second-order valence-corrected chi connectivity index (χ2v) is 7.01. The van der Waals surface area contributed by atoms with Crippen LogP contribution in [0, 0.1) is 13.8 Å². The molecule has 0 unspecified atom stereocenters. The van der Waals surface area contributed by atoms with Gasteiger partial charge in [0.15, 0.2) is 5.58 Å². The van der Waals surface area contributed by atoms with E-state index in [1.165, 1.54) is 11.8 Å². The molecule has 0 radical (unpaired) electrons. The summed E-state index contributed by atoms with van der Waals surface area (Å²) in [5.41, 5.74) is 4.61. The van der Waals surface area contributed by atoms with Gasteiger partial charge in [-0.05, 0) is 47.5 Å². The Bertz CT molecular complexity index is 1110. The molecule has 0 aliphatic heterocycles. The van der Waals surface area contributed by atoms with E-state index in [9.17, 15) is 4.79 Å². The lowest BCUT2D eigenvalue weighted by molar-refractivity contribution is 0.514. The molecule has 7 nitrogen and oxygen atoms in total. The normalized spacial score (nSPS) is 11.3. The third-order valence-electron chi connectivity index (χ3n) is 4.21. The predicted molar refractivity (Wildman–Crippen MR) is 99.8 cm³/mol. The molecular formula is C18H17N5O2S. The summed E-state index contributed by atoms with van der Waals surface area (Å²) >= 11 is 1.51. The quantitative estimate of drug-likeness (QED) is 0.505. The average molecular weight is 367 g/mol. The number of para-hydroxylation sites is 3. The first-order chi connectivity index (χ1) is 12.6. The predicted octanol–water partition coefficient (Wildman–Crippen LogP) is 2.98. The monoisotopic (exact) mass is 367 g/mol. The number of hydrogen-bond acceptors (Lipinski definition) is 6. The molecule has 0 spiro atoms. The van der Waals surface area contributed by atoms with E-state index in [4.69, 9.17) is 4.42 Å². The summed E-state index contributed by atoms with van der Waals surface area (Å²) in [6.07, 6.45) is 0. The summed E-state index contributed by atoms with van der Waals surface area (Å²) in [6.45, 7) is 4.59. The van der Waals surface area contributed by atoms with Gasteiger partial charge < -0.3 is 4.42 Å². The Hall–Kier alpha value is -2.87. The number of rotatable bonds is 5. The first-order valence-corrected chi connectivity index (χ1v) is 9.20. The van der Waals surface area contributed by atoms with E-state index in [0.717, 1.165) is 22.3 Å². The zero-order chi connectivity index (χ0) is 18.1. The van der Waals surface area contributed by atoms with Gasteiger partial charge in [-0.25, -0.2) is 4.79 Å². The lowest BCUT2D eigenvalue weighted by Gasteiger charge is -2.10. The van der Waals surface area contributed by atoms with Gasteiger partial charge in [0.05, 0.1) is 11.2 Å². The molecule has 0 bridgehead atoms. The van der Waals surface area contributed by atoms with E-state index in [-0.39, 0.29) is 5.76 Å². The highest BCUT2D eigenvalue weighted by molar-refractivity contribution is 7.99. The molecule has 0 saturated carbocycles. The van der Waals surface area contributed by atoms with E-state index >= 15 is 0 Å². The fraction of sp³-hybridized carbons (Fsp3) is 0.222. The molecule has 0 N–H and O–H groups in total. The molecule has 2 aromatic carbocycles. The van der Waals surface area contributed by atoms with Crippen molar-refractivity contribution in [1.29, 1.82) is 0 Å². The molecule has 4 aromatic rings. The molecule has 0 fully saturated rings. The summed E-state index contributed by atoms with van der Waals surface area (Å²) < 4.78 is 8.65.